The Hall–Kier alpha value is -2.50. The van der Waals surface area contributed by atoms with Crippen LogP contribution in [-0.2, 0) is 13.0 Å². The maximum absolute atomic E-state index is 12.2. The van der Waals surface area contributed by atoms with Gasteiger partial charge >= 0.3 is 5.63 Å². The molecule has 6 heteroatoms. The van der Waals surface area contributed by atoms with Crippen LogP contribution in [0.4, 0.5) is 0 Å². The first kappa shape index (κ1) is 18.8. The lowest BCUT2D eigenvalue weighted by Gasteiger charge is -2.30. The number of ether oxygens (including phenoxy) is 2. The Bertz CT molecular complexity index is 1090. The van der Waals surface area contributed by atoms with Gasteiger partial charge in [-0.25, -0.2) is 4.79 Å². The molecule has 0 spiro atoms. The quantitative estimate of drug-likeness (QED) is 0.606. The van der Waals surface area contributed by atoms with Crippen molar-refractivity contribution in [2.45, 2.75) is 26.8 Å². The number of nitrogens with zero attached hydrogens (tertiary/aromatic N) is 1. The summed E-state index contributed by atoms with van der Waals surface area (Å²) < 4.78 is 16.8. The molecule has 0 N–H and O–H groups in total. The van der Waals surface area contributed by atoms with E-state index >= 15 is 0 Å². The van der Waals surface area contributed by atoms with E-state index in [4.69, 9.17) is 25.5 Å². The highest BCUT2D eigenvalue weighted by Gasteiger charge is 2.25. The van der Waals surface area contributed by atoms with Crippen molar-refractivity contribution in [3.8, 4) is 11.5 Å². The fraction of sp³-hybridized carbons (Fsp3) is 0.318. The van der Waals surface area contributed by atoms with Gasteiger partial charge in [-0.05, 0) is 49.6 Å². The third kappa shape index (κ3) is 3.36. The van der Waals surface area contributed by atoms with Crippen LogP contribution in [0, 0.1) is 13.8 Å². The molecule has 1 aliphatic rings. The number of hydrogen-bond acceptors (Lipinski definition) is 5. The monoisotopic (exact) mass is 399 g/mol. The maximum Gasteiger partial charge on any atom is 0.339 e. The topological polar surface area (TPSA) is 51.9 Å². The Labute approximate surface area is 168 Å². The highest BCUT2D eigenvalue weighted by Crippen LogP contribution is 2.39. The zero-order valence-electron chi connectivity index (χ0n) is 16.2. The molecule has 5 nitrogen and oxygen atoms in total. The number of benzene rings is 2. The van der Waals surface area contributed by atoms with E-state index in [-0.39, 0.29) is 5.63 Å². The fourth-order valence-corrected chi connectivity index (χ4v) is 3.81. The molecule has 0 amide bonds. The van der Waals surface area contributed by atoms with Crippen molar-refractivity contribution < 1.29 is 13.9 Å². The molecule has 1 aromatic heterocycles. The highest BCUT2D eigenvalue weighted by atomic mass is 35.5. The van der Waals surface area contributed by atoms with Crippen molar-refractivity contribution in [2.24, 2.45) is 0 Å². The van der Waals surface area contributed by atoms with Gasteiger partial charge < -0.3 is 13.9 Å². The van der Waals surface area contributed by atoms with Crippen molar-refractivity contribution in [3.05, 3.63) is 68.0 Å². The number of hydrogen-bond donors (Lipinski definition) is 0. The van der Waals surface area contributed by atoms with Gasteiger partial charge in [0.2, 0.25) is 0 Å². The van der Waals surface area contributed by atoms with E-state index in [2.05, 4.69) is 17.0 Å². The van der Waals surface area contributed by atoms with E-state index in [0.717, 1.165) is 35.2 Å². The summed E-state index contributed by atoms with van der Waals surface area (Å²) in [5.74, 6) is 1.46. The standard InChI is InChI=1S/C22H22ClNO4/c1-13-14(2)22(25)28-20-17(13)10-19(23)21-18(20)11-24(12-27-21)9-8-15-4-6-16(26-3)7-5-15/h4-7,10H,8-9,11-12H2,1-3H3. The molecule has 0 saturated carbocycles. The Kier molecular flexibility index (Phi) is 5.04. The summed E-state index contributed by atoms with van der Waals surface area (Å²) in [6.07, 6.45) is 0.878. The van der Waals surface area contributed by atoms with Gasteiger partial charge in [-0.3, -0.25) is 4.90 Å². The van der Waals surface area contributed by atoms with Crippen LogP contribution in [0.5, 0.6) is 11.5 Å². The summed E-state index contributed by atoms with van der Waals surface area (Å²) in [5, 5.41) is 1.41. The van der Waals surface area contributed by atoms with Crippen LogP contribution in [0.15, 0.2) is 39.5 Å². The predicted octanol–water partition coefficient (Wildman–Crippen LogP) is 4.47. The molecule has 0 saturated heterocycles. The molecular weight excluding hydrogens is 378 g/mol. The molecule has 0 aliphatic carbocycles. The molecule has 0 fully saturated rings. The first-order chi connectivity index (χ1) is 13.5. The van der Waals surface area contributed by atoms with Crippen LogP contribution in [0.3, 0.4) is 0 Å². The van der Waals surface area contributed by atoms with Gasteiger partial charge in [-0.15, -0.1) is 0 Å². The summed E-state index contributed by atoms with van der Waals surface area (Å²) >= 11 is 6.46. The molecule has 2 aromatic carbocycles. The van der Waals surface area contributed by atoms with Gasteiger partial charge in [0.05, 0.1) is 17.7 Å². The summed E-state index contributed by atoms with van der Waals surface area (Å²) in [4.78, 5) is 14.4. The van der Waals surface area contributed by atoms with Crippen molar-refractivity contribution in [1.82, 2.24) is 4.90 Å². The van der Waals surface area contributed by atoms with Gasteiger partial charge in [-0.1, -0.05) is 23.7 Å². The molecule has 1 aliphatic heterocycles. The van der Waals surface area contributed by atoms with Gasteiger partial charge in [0.25, 0.3) is 0 Å². The molecule has 4 rings (SSSR count). The van der Waals surface area contributed by atoms with Crippen LogP contribution >= 0.6 is 11.6 Å². The van der Waals surface area contributed by atoms with E-state index in [0.29, 0.717) is 35.2 Å². The fourth-order valence-electron chi connectivity index (χ4n) is 3.53. The second-order valence-electron chi connectivity index (χ2n) is 7.11. The minimum Gasteiger partial charge on any atom is -0.497 e. The highest BCUT2D eigenvalue weighted by molar-refractivity contribution is 6.33. The zero-order valence-corrected chi connectivity index (χ0v) is 16.9. The molecule has 0 atom stereocenters. The first-order valence-corrected chi connectivity index (χ1v) is 9.59. The van der Waals surface area contributed by atoms with E-state index in [1.807, 2.05) is 25.1 Å². The Morgan fingerprint density at radius 3 is 2.64 bits per heavy atom. The number of methoxy groups -OCH3 is 1. The van der Waals surface area contributed by atoms with Crippen molar-refractivity contribution in [1.29, 1.82) is 0 Å². The summed E-state index contributed by atoms with van der Waals surface area (Å²) in [6, 6.07) is 9.88. The molecule has 2 heterocycles. The third-order valence-corrected chi connectivity index (χ3v) is 5.68. The minimum atomic E-state index is -0.315. The lowest BCUT2D eigenvalue weighted by molar-refractivity contribution is 0.0968. The van der Waals surface area contributed by atoms with Crippen LogP contribution in [0.25, 0.3) is 11.0 Å². The molecule has 0 bridgehead atoms. The average Bonchev–Trinajstić information content (AvgIpc) is 2.72. The van der Waals surface area contributed by atoms with Crippen molar-refractivity contribution in [3.63, 3.8) is 0 Å². The second kappa shape index (κ2) is 7.49. The molecule has 3 aromatic rings. The van der Waals surface area contributed by atoms with E-state index in [1.165, 1.54) is 5.56 Å². The Morgan fingerprint density at radius 2 is 1.93 bits per heavy atom. The van der Waals surface area contributed by atoms with Crippen molar-refractivity contribution in [2.75, 3.05) is 20.4 Å². The van der Waals surface area contributed by atoms with Crippen LogP contribution in [-0.4, -0.2) is 25.3 Å². The SMILES string of the molecule is COc1ccc(CCN2COc3c(Cl)cc4c(C)c(C)c(=O)oc4c3C2)cc1. The third-order valence-electron chi connectivity index (χ3n) is 5.40. The van der Waals surface area contributed by atoms with Gasteiger partial charge in [0.15, 0.2) is 0 Å². The number of fused-ring (bicyclic) bond motifs is 3. The summed E-state index contributed by atoms with van der Waals surface area (Å²) in [6.45, 7) is 5.57. The second-order valence-corrected chi connectivity index (χ2v) is 7.51. The Morgan fingerprint density at radius 1 is 1.18 bits per heavy atom. The normalized spacial score (nSPS) is 14.0. The number of rotatable bonds is 4. The lowest BCUT2D eigenvalue weighted by Crippen LogP contribution is -2.34. The molecule has 0 unspecified atom stereocenters. The Balaban J connectivity index is 1.61. The largest absolute Gasteiger partial charge is 0.497 e. The van der Waals surface area contributed by atoms with E-state index in [9.17, 15) is 4.79 Å². The zero-order chi connectivity index (χ0) is 19.8. The van der Waals surface area contributed by atoms with Gasteiger partial charge in [0.1, 0.15) is 23.8 Å². The number of aryl methyl sites for hydroxylation is 1. The summed E-state index contributed by atoms with van der Waals surface area (Å²) in [7, 11) is 1.66. The average molecular weight is 400 g/mol. The van der Waals surface area contributed by atoms with Gasteiger partial charge in [0, 0.05) is 24.0 Å². The lowest BCUT2D eigenvalue weighted by atomic mass is 10.0. The van der Waals surface area contributed by atoms with Crippen LogP contribution in [0.2, 0.25) is 5.02 Å². The molecule has 0 radical (unpaired) electrons. The van der Waals surface area contributed by atoms with Crippen molar-refractivity contribution >= 4 is 22.6 Å². The maximum atomic E-state index is 12.2. The molecule has 28 heavy (non-hydrogen) atoms. The smallest absolute Gasteiger partial charge is 0.339 e. The molecular formula is C22H22ClNO4. The predicted molar refractivity (Wildman–Crippen MR) is 110 cm³/mol. The number of halogens is 1. The van der Waals surface area contributed by atoms with Crippen LogP contribution < -0.4 is 15.1 Å². The molecule has 146 valence electrons. The summed E-state index contributed by atoms with van der Waals surface area (Å²) in [5.41, 5.74) is 3.82. The van der Waals surface area contributed by atoms with Crippen LogP contribution in [0.1, 0.15) is 22.3 Å². The first-order valence-electron chi connectivity index (χ1n) is 9.21. The van der Waals surface area contributed by atoms with Gasteiger partial charge in [-0.2, -0.15) is 0 Å². The minimum absolute atomic E-state index is 0.315. The van der Waals surface area contributed by atoms with E-state index < -0.39 is 0 Å². The van der Waals surface area contributed by atoms with E-state index in [1.54, 1.807) is 14.0 Å².